The Morgan fingerprint density at radius 3 is 1.75 bits per heavy atom. The molecule has 0 amide bonds. The number of para-hydroxylation sites is 4. The van der Waals surface area contributed by atoms with Crippen LogP contribution >= 0.6 is 0 Å². The number of benzene rings is 8. The first-order chi connectivity index (χ1) is 26.3. The molecule has 0 radical (unpaired) electrons. The lowest BCUT2D eigenvalue weighted by Gasteiger charge is -2.26. The molecule has 0 fully saturated rings. The van der Waals surface area contributed by atoms with Crippen LogP contribution in [0, 0.1) is 0 Å². The number of nitrogens with zero attached hydrogens (tertiary/aromatic N) is 4. The van der Waals surface area contributed by atoms with Crippen LogP contribution in [0.4, 0.5) is 17.1 Å². The van der Waals surface area contributed by atoms with Crippen LogP contribution in [-0.2, 0) is 0 Å². The van der Waals surface area contributed by atoms with Crippen molar-refractivity contribution in [3.63, 3.8) is 0 Å². The average molecular weight is 673 g/mol. The minimum absolute atomic E-state index is 1.01. The molecule has 4 nitrogen and oxygen atoms in total. The second-order valence-corrected chi connectivity index (χ2v) is 14.4. The summed E-state index contributed by atoms with van der Waals surface area (Å²) in [5.74, 6) is 0. The van der Waals surface area contributed by atoms with Gasteiger partial charge < -0.3 is 9.30 Å². The van der Waals surface area contributed by atoms with Gasteiger partial charge in [0, 0.05) is 49.1 Å². The topological polar surface area (TPSA) is 25.0 Å². The third-order valence-electron chi connectivity index (χ3n) is 11.7. The smallest absolute Gasteiger partial charge is 0.146 e. The van der Waals surface area contributed by atoms with E-state index in [0.717, 1.165) is 33.7 Å². The highest BCUT2D eigenvalue weighted by Gasteiger charge is 2.27. The first-order valence-corrected chi connectivity index (χ1v) is 18.2. The number of aromatic nitrogens is 3. The number of rotatable bonds is 3. The Hall–Kier alpha value is -7.17. The van der Waals surface area contributed by atoms with Crippen LogP contribution in [0.1, 0.15) is 0 Å². The Morgan fingerprint density at radius 2 is 0.981 bits per heavy atom. The number of fused-ring (bicyclic) bond motifs is 15. The zero-order valence-electron chi connectivity index (χ0n) is 28.5. The summed E-state index contributed by atoms with van der Waals surface area (Å²) in [5.41, 5.74) is 11.4. The van der Waals surface area contributed by atoms with Crippen LogP contribution in [0.15, 0.2) is 170 Å². The lowest BCUT2D eigenvalue weighted by atomic mass is 9.99. The Bertz CT molecular complexity index is 3580. The summed E-state index contributed by atoms with van der Waals surface area (Å²) in [6, 6.07) is 61.9. The van der Waals surface area contributed by atoms with Crippen molar-refractivity contribution in [2.24, 2.45) is 0 Å². The lowest BCUT2D eigenvalue weighted by molar-refractivity contribution is 1.27. The first kappa shape index (κ1) is 27.5. The van der Waals surface area contributed by atoms with E-state index in [4.69, 9.17) is 4.98 Å². The van der Waals surface area contributed by atoms with Crippen LogP contribution in [0.25, 0.3) is 98.0 Å². The first-order valence-electron chi connectivity index (χ1n) is 18.2. The summed E-state index contributed by atoms with van der Waals surface area (Å²) >= 11 is 0. The standard InChI is InChI=1S/C49H28N4/c1-3-16-32(17-4-1)51(33-18-5-2-6-19-33)41-24-12-22-36-35-21-11-23-37-45-43(52(46(35)37)47(36)41)28-40-44-34-20-10-9-15-31(34)26-39-38-25-29-13-7-8-14-30(29)27-42(38)53(48(39)44)49(40)50-45/h1-28H. The van der Waals surface area contributed by atoms with E-state index in [9.17, 15) is 0 Å². The van der Waals surface area contributed by atoms with Gasteiger partial charge in [-0.2, -0.15) is 0 Å². The van der Waals surface area contributed by atoms with Gasteiger partial charge in [0.15, 0.2) is 0 Å². The van der Waals surface area contributed by atoms with Crippen molar-refractivity contribution < 1.29 is 0 Å². The summed E-state index contributed by atoms with van der Waals surface area (Å²) < 4.78 is 4.94. The number of pyridine rings is 1. The highest BCUT2D eigenvalue weighted by atomic mass is 15.2. The Balaban J connectivity index is 1.24. The molecule has 0 spiro atoms. The van der Waals surface area contributed by atoms with Crippen LogP contribution < -0.4 is 4.90 Å². The predicted molar refractivity (Wildman–Crippen MR) is 223 cm³/mol. The third-order valence-corrected chi connectivity index (χ3v) is 11.7. The Morgan fingerprint density at radius 1 is 0.377 bits per heavy atom. The number of hydrogen-bond acceptors (Lipinski definition) is 2. The van der Waals surface area contributed by atoms with Crippen molar-refractivity contribution in [3.8, 4) is 0 Å². The molecule has 0 atom stereocenters. The van der Waals surface area contributed by atoms with Gasteiger partial charge in [-0.05, 0) is 76.1 Å². The lowest BCUT2D eigenvalue weighted by Crippen LogP contribution is -2.10. The second-order valence-electron chi connectivity index (χ2n) is 14.4. The predicted octanol–water partition coefficient (Wildman–Crippen LogP) is 13.2. The van der Waals surface area contributed by atoms with Gasteiger partial charge in [-0.25, -0.2) is 4.98 Å². The van der Waals surface area contributed by atoms with Crippen LogP contribution in [0.3, 0.4) is 0 Å². The van der Waals surface area contributed by atoms with Crippen molar-refractivity contribution in [2.45, 2.75) is 0 Å². The highest BCUT2D eigenvalue weighted by Crippen LogP contribution is 2.48. The Kier molecular flexibility index (Phi) is 5.08. The van der Waals surface area contributed by atoms with Crippen molar-refractivity contribution >= 4 is 115 Å². The van der Waals surface area contributed by atoms with E-state index in [1.807, 2.05) is 0 Å². The number of hydrogen-bond donors (Lipinski definition) is 0. The van der Waals surface area contributed by atoms with Crippen LogP contribution in [-0.4, -0.2) is 13.8 Å². The zero-order valence-corrected chi connectivity index (χ0v) is 28.5. The molecule has 0 saturated carbocycles. The van der Waals surface area contributed by atoms with E-state index in [1.165, 1.54) is 81.3 Å². The maximum absolute atomic E-state index is 5.72. The summed E-state index contributed by atoms with van der Waals surface area (Å²) in [7, 11) is 0. The van der Waals surface area contributed by atoms with Crippen molar-refractivity contribution in [3.05, 3.63) is 170 Å². The molecular weight excluding hydrogens is 645 g/mol. The molecule has 0 aliphatic rings. The van der Waals surface area contributed by atoms with E-state index in [-0.39, 0.29) is 0 Å². The summed E-state index contributed by atoms with van der Waals surface area (Å²) in [6.07, 6.45) is 0. The van der Waals surface area contributed by atoms with Crippen LogP contribution in [0.5, 0.6) is 0 Å². The molecule has 0 unspecified atom stereocenters. The molecule has 244 valence electrons. The van der Waals surface area contributed by atoms with Gasteiger partial charge >= 0.3 is 0 Å². The van der Waals surface area contributed by atoms with Gasteiger partial charge in [0.25, 0.3) is 0 Å². The molecule has 53 heavy (non-hydrogen) atoms. The van der Waals surface area contributed by atoms with E-state index < -0.39 is 0 Å². The van der Waals surface area contributed by atoms with Gasteiger partial charge in [0.05, 0.1) is 38.8 Å². The monoisotopic (exact) mass is 672 g/mol. The van der Waals surface area contributed by atoms with Crippen molar-refractivity contribution in [1.29, 1.82) is 0 Å². The van der Waals surface area contributed by atoms with Crippen molar-refractivity contribution in [2.75, 3.05) is 4.90 Å². The zero-order chi connectivity index (χ0) is 34.4. The molecular formula is C49H28N4. The minimum atomic E-state index is 1.01. The third kappa shape index (κ3) is 3.43. The molecule has 0 N–H and O–H groups in total. The fourth-order valence-corrected chi connectivity index (χ4v) is 9.52. The molecule has 13 aromatic rings. The van der Waals surface area contributed by atoms with Gasteiger partial charge in [-0.15, -0.1) is 0 Å². The molecule has 0 bridgehead atoms. The largest absolute Gasteiger partial charge is 0.308 e. The summed E-state index contributed by atoms with van der Waals surface area (Å²) in [4.78, 5) is 8.11. The average Bonchev–Trinajstić information content (AvgIpc) is 3.93. The van der Waals surface area contributed by atoms with E-state index in [2.05, 4.69) is 184 Å². The maximum atomic E-state index is 5.72. The normalized spacial score (nSPS) is 12.5. The van der Waals surface area contributed by atoms with Gasteiger partial charge in [-0.1, -0.05) is 115 Å². The molecule has 4 heteroatoms. The molecule has 5 heterocycles. The summed E-state index contributed by atoms with van der Waals surface area (Å²) in [6.45, 7) is 0. The van der Waals surface area contributed by atoms with E-state index in [0.29, 0.717) is 0 Å². The van der Waals surface area contributed by atoms with Crippen LogP contribution in [0.2, 0.25) is 0 Å². The Labute approximate surface area is 302 Å². The SMILES string of the molecule is c1ccc(N(c2ccccc2)c2cccc3c4cccc5c6nc7c(cc6n(c23)c45)c2c3ccccc3cc3c4cc5ccccc5cc4n7c32)cc1. The highest BCUT2D eigenvalue weighted by molar-refractivity contribution is 6.33. The second kappa shape index (κ2) is 9.78. The molecule has 0 aliphatic heterocycles. The van der Waals surface area contributed by atoms with Gasteiger partial charge in [0.2, 0.25) is 0 Å². The summed E-state index contributed by atoms with van der Waals surface area (Å²) in [5, 5.41) is 13.6. The van der Waals surface area contributed by atoms with Gasteiger partial charge in [0.1, 0.15) is 5.65 Å². The fraction of sp³-hybridized carbons (Fsp3) is 0. The molecule has 13 rings (SSSR count). The van der Waals surface area contributed by atoms with Gasteiger partial charge in [-0.3, -0.25) is 4.40 Å². The molecule has 0 saturated heterocycles. The fourth-order valence-electron chi connectivity index (χ4n) is 9.52. The molecule has 0 aliphatic carbocycles. The van der Waals surface area contributed by atoms with E-state index >= 15 is 0 Å². The molecule has 5 aromatic heterocycles. The molecule has 8 aromatic carbocycles. The van der Waals surface area contributed by atoms with Crippen molar-refractivity contribution in [1.82, 2.24) is 13.8 Å². The maximum Gasteiger partial charge on any atom is 0.146 e. The number of anilines is 3. The minimum Gasteiger partial charge on any atom is -0.308 e. The van der Waals surface area contributed by atoms with E-state index in [1.54, 1.807) is 0 Å². The quantitative estimate of drug-likeness (QED) is 0.187.